The summed E-state index contributed by atoms with van der Waals surface area (Å²) in [5, 5.41) is 11.6. The normalized spacial score (nSPS) is 18.2. The number of primary amides is 1. The molecule has 0 spiro atoms. The summed E-state index contributed by atoms with van der Waals surface area (Å²) < 4.78 is 0. The predicted octanol–water partition coefficient (Wildman–Crippen LogP) is -0.732. The van der Waals surface area contributed by atoms with E-state index in [2.05, 4.69) is 10.3 Å². The Balaban J connectivity index is 2.39. The molecule has 1 aliphatic heterocycles. The zero-order valence-electron chi connectivity index (χ0n) is 11.5. The summed E-state index contributed by atoms with van der Waals surface area (Å²) >= 11 is 0. The molecule has 0 aromatic carbocycles. The molecule has 0 aliphatic carbocycles. The molecule has 2 rings (SSSR count). The highest BCUT2D eigenvalue weighted by atomic mass is 16.4. The fourth-order valence-corrected chi connectivity index (χ4v) is 2.30. The lowest BCUT2D eigenvalue weighted by Gasteiger charge is -2.35. The Labute approximate surface area is 120 Å². The Morgan fingerprint density at radius 2 is 2.24 bits per heavy atom. The lowest BCUT2D eigenvalue weighted by atomic mass is 10.1. The van der Waals surface area contributed by atoms with Gasteiger partial charge < -0.3 is 21.1 Å². The number of anilines is 1. The minimum atomic E-state index is -1.08. The van der Waals surface area contributed by atoms with Crippen LogP contribution in [0.25, 0.3) is 0 Å². The molecular formula is C13H16N4O4. The second-order valence-corrected chi connectivity index (χ2v) is 4.82. The smallest absolute Gasteiger partial charge is 0.305 e. The molecule has 0 bridgehead atoms. The molecule has 1 atom stereocenters. The van der Waals surface area contributed by atoms with Crippen molar-refractivity contribution in [2.75, 3.05) is 18.0 Å². The number of aryl methyl sites for hydroxylation is 1. The Bertz CT molecular complexity index is 602. The van der Waals surface area contributed by atoms with Crippen LogP contribution in [0.1, 0.15) is 22.5 Å². The third-order valence-corrected chi connectivity index (χ3v) is 3.22. The molecule has 8 heteroatoms. The Hall–Kier alpha value is -2.64. The van der Waals surface area contributed by atoms with Crippen molar-refractivity contribution in [1.29, 1.82) is 0 Å². The first-order chi connectivity index (χ1) is 9.88. The van der Waals surface area contributed by atoms with Crippen LogP contribution in [0.15, 0.2) is 12.1 Å². The van der Waals surface area contributed by atoms with Crippen molar-refractivity contribution in [3.63, 3.8) is 0 Å². The van der Waals surface area contributed by atoms with Crippen molar-refractivity contribution in [3.05, 3.63) is 23.4 Å². The van der Waals surface area contributed by atoms with Crippen molar-refractivity contribution in [2.24, 2.45) is 5.73 Å². The summed E-state index contributed by atoms with van der Waals surface area (Å²) in [7, 11) is 0. The van der Waals surface area contributed by atoms with Crippen LogP contribution in [0.3, 0.4) is 0 Å². The molecule has 1 aromatic heterocycles. The Morgan fingerprint density at radius 3 is 2.86 bits per heavy atom. The number of aliphatic carboxylic acids is 1. The van der Waals surface area contributed by atoms with Gasteiger partial charge in [0.25, 0.3) is 0 Å². The summed E-state index contributed by atoms with van der Waals surface area (Å²) in [4.78, 5) is 40.0. The standard InChI is InChI=1S/C13H16N4O4/c1-7-4-8(12(14)20)5-10(16-7)17-3-2-15-13(21)9(17)6-11(18)19/h4-5,9H,2-3,6H2,1H3,(H2,14,20)(H,15,21)(H,18,19). The maximum Gasteiger partial charge on any atom is 0.305 e. The van der Waals surface area contributed by atoms with Crippen LogP contribution in [0.4, 0.5) is 5.82 Å². The number of hydrogen-bond donors (Lipinski definition) is 3. The van der Waals surface area contributed by atoms with E-state index in [-0.39, 0.29) is 17.9 Å². The number of rotatable bonds is 4. The Morgan fingerprint density at radius 1 is 1.52 bits per heavy atom. The van der Waals surface area contributed by atoms with E-state index in [1.165, 1.54) is 6.07 Å². The minimum absolute atomic E-state index is 0.276. The number of pyridine rings is 1. The van der Waals surface area contributed by atoms with Gasteiger partial charge in [0.2, 0.25) is 11.8 Å². The van der Waals surface area contributed by atoms with Crippen LogP contribution in [0.2, 0.25) is 0 Å². The molecule has 4 N–H and O–H groups in total. The lowest BCUT2D eigenvalue weighted by Crippen LogP contribution is -2.56. The molecular weight excluding hydrogens is 276 g/mol. The van der Waals surface area contributed by atoms with Crippen LogP contribution >= 0.6 is 0 Å². The maximum absolute atomic E-state index is 11.9. The van der Waals surface area contributed by atoms with E-state index in [1.54, 1.807) is 17.9 Å². The molecule has 8 nitrogen and oxygen atoms in total. The molecule has 0 radical (unpaired) electrons. The summed E-state index contributed by atoms with van der Waals surface area (Å²) in [5.41, 5.74) is 6.11. The highest BCUT2D eigenvalue weighted by molar-refractivity contribution is 5.94. The number of nitrogens with one attached hydrogen (secondary N) is 1. The number of nitrogens with two attached hydrogens (primary N) is 1. The number of hydrogen-bond acceptors (Lipinski definition) is 5. The van der Waals surface area contributed by atoms with Crippen molar-refractivity contribution in [2.45, 2.75) is 19.4 Å². The molecule has 2 heterocycles. The summed E-state index contributed by atoms with van der Waals surface area (Å²) in [5.74, 6) is -1.67. The van der Waals surface area contributed by atoms with E-state index in [1.807, 2.05) is 0 Å². The number of carbonyl (C=O) groups excluding carboxylic acids is 2. The van der Waals surface area contributed by atoms with Gasteiger partial charge in [-0.1, -0.05) is 0 Å². The van der Waals surface area contributed by atoms with Crippen LogP contribution in [0.5, 0.6) is 0 Å². The van der Waals surface area contributed by atoms with Gasteiger partial charge in [0.15, 0.2) is 0 Å². The highest BCUT2D eigenvalue weighted by Gasteiger charge is 2.32. The Kier molecular flexibility index (Phi) is 4.06. The van der Waals surface area contributed by atoms with Gasteiger partial charge in [-0.25, -0.2) is 4.98 Å². The topological polar surface area (TPSA) is 126 Å². The summed E-state index contributed by atoms with van der Waals surface area (Å²) in [6.07, 6.45) is -0.340. The van der Waals surface area contributed by atoms with Crippen molar-refractivity contribution in [1.82, 2.24) is 10.3 Å². The van der Waals surface area contributed by atoms with Crippen molar-refractivity contribution in [3.8, 4) is 0 Å². The number of piperazine rings is 1. The second-order valence-electron chi connectivity index (χ2n) is 4.82. The van der Waals surface area contributed by atoms with Crippen molar-refractivity contribution >= 4 is 23.6 Å². The van der Waals surface area contributed by atoms with Gasteiger partial charge in [-0.05, 0) is 19.1 Å². The fraction of sp³-hybridized carbons (Fsp3) is 0.385. The third kappa shape index (κ3) is 3.28. The average molecular weight is 292 g/mol. The van der Waals surface area contributed by atoms with Crippen LogP contribution in [-0.2, 0) is 9.59 Å². The van der Waals surface area contributed by atoms with E-state index in [0.717, 1.165) is 0 Å². The molecule has 21 heavy (non-hydrogen) atoms. The first-order valence-electron chi connectivity index (χ1n) is 6.43. The van der Waals surface area contributed by atoms with E-state index < -0.39 is 17.9 Å². The summed E-state index contributed by atoms with van der Waals surface area (Å²) in [6.45, 7) is 2.50. The minimum Gasteiger partial charge on any atom is -0.481 e. The van der Waals surface area contributed by atoms with Crippen LogP contribution in [-0.4, -0.2) is 47.0 Å². The number of carbonyl (C=O) groups is 3. The van der Waals surface area contributed by atoms with Gasteiger partial charge >= 0.3 is 5.97 Å². The third-order valence-electron chi connectivity index (χ3n) is 3.22. The second kappa shape index (κ2) is 5.78. The average Bonchev–Trinajstić information content (AvgIpc) is 2.39. The monoisotopic (exact) mass is 292 g/mol. The van der Waals surface area contributed by atoms with Gasteiger partial charge in [0.05, 0.1) is 6.42 Å². The highest BCUT2D eigenvalue weighted by Crippen LogP contribution is 2.20. The van der Waals surface area contributed by atoms with Gasteiger partial charge in [-0.3, -0.25) is 14.4 Å². The van der Waals surface area contributed by atoms with Gasteiger partial charge in [-0.15, -0.1) is 0 Å². The predicted molar refractivity (Wildman–Crippen MR) is 73.9 cm³/mol. The number of aromatic nitrogens is 1. The van der Waals surface area contributed by atoms with Crippen LogP contribution in [0, 0.1) is 6.92 Å². The lowest BCUT2D eigenvalue weighted by molar-refractivity contribution is -0.139. The SMILES string of the molecule is Cc1cc(C(N)=O)cc(N2CCNC(=O)C2CC(=O)O)n1. The summed E-state index contributed by atoms with van der Waals surface area (Å²) in [6, 6.07) is 2.16. The van der Waals surface area contributed by atoms with E-state index in [0.29, 0.717) is 24.6 Å². The van der Waals surface area contributed by atoms with Gasteiger partial charge in [0, 0.05) is 24.3 Å². The van der Waals surface area contributed by atoms with E-state index in [4.69, 9.17) is 10.8 Å². The first kappa shape index (κ1) is 14.8. The van der Waals surface area contributed by atoms with E-state index >= 15 is 0 Å². The fourth-order valence-electron chi connectivity index (χ4n) is 2.30. The molecule has 1 aliphatic rings. The number of carboxylic acids is 1. The number of amides is 2. The zero-order chi connectivity index (χ0) is 15.6. The molecule has 2 amide bonds. The molecule has 1 saturated heterocycles. The largest absolute Gasteiger partial charge is 0.481 e. The zero-order valence-corrected chi connectivity index (χ0v) is 11.5. The molecule has 0 saturated carbocycles. The quantitative estimate of drug-likeness (QED) is 0.671. The van der Waals surface area contributed by atoms with E-state index in [9.17, 15) is 14.4 Å². The number of carboxylic acid groups (broad SMARTS) is 1. The molecule has 1 fully saturated rings. The van der Waals surface area contributed by atoms with Gasteiger partial charge in [0.1, 0.15) is 11.9 Å². The first-order valence-corrected chi connectivity index (χ1v) is 6.43. The van der Waals surface area contributed by atoms with Crippen LogP contribution < -0.4 is 16.0 Å². The van der Waals surface area contributed by atoms with Crippen molar-refractivity contribution < 1.29 is 19.5 Å². The molecule has 1 unspecified atom stereocenters. The van der Waals surface area contributed by atoms with Gasteiger partial charge in [-0.2, -0.15) is 0 Å². The molecule has 1 aromatic rings. The maximum atomic E-state index is 11.9. The number of nitrogens with zero attached hydrogens (tertiary/aromatic N) is 2. The molecule has 112 valence electrons.